The molecule has 0 spiro atoms. The molecule has 0 aliphatic carbocycles. The molecule has 1 aliphatic heterocycles. The van der Waals surface area contributed by atoms with Crippen LogP contribution in [0.3, 0.4) is 0 Å². The van der Waals surface area contributed by atoms with Crippen LogP contribution in [0.15, 0.2) is 0 Å². The number of amides is 2. The van der Waals surface area contributed by atoms with Crippen LogP contribution in [-0.2, 0) is 9.59 Å². The van der Waals surface area contributed by atoms with Crippen molar-refractivity contribution in [2.45, 2.75) is 33.0 Å². The van der Waals surface area contributed by atoms with E-state index in [9.17, 15) is 9.59 Å². The van der Waals surface area contributed by atoms with Gasteiger partial charge in [-0.15, -0.1) is 0 Å². The first kappa shape index (κ1) is 12.1. The minimum Gasteiger partial charge on any atom is -0.365 e. The molecule has 1 heterocycles. The fraction of sp³-hybridized carbons (Fsp3) is 0.750. The molecule has 76 valence electrons. The molecule has 2 amide bonds. The Balaban J connectivity index is 0.000000671. The summed E-state index contributed by atoms with van der Waals surface area (Å²) in [6.07, 6.45) is -0.445. The van der Waals surface area contributed by atoms with Gasteiger partial charge in [0.05, 0.1) is 12.3 Å². The van der Waals surface area contributed by atoms with Gasteiger partial charge in [0.25, 0.3) is 0 Å². The smallest absolute Gasteiger partial charge is 0.234 e. The maximum absolute atomic E-state index is 10.8. The molecule has 0 saturated carbocycles. The van der Waals surface area contributed by atoms with E-state index in [2.05, 4.69) is 0 Å². The lowest BCUT2D eigenvalue weighted by Gasteiger charge is -2.30. The summed E-state index contributed by atoms with van der Waals surface area (Å²) in [4.78, 5) is 21.4. The summed E-state index contributed by atoms with van der Waals surface area (Å²) in [5, 5.41) is 20.1. The van der Waals surface area contributed by atoms with Crippen LogP contribution >= 0.6 is 0 Å². The maximum atomic E-state index is 10.8. The van der Waals surface area contributed by atoms with Crippen molar-refractivity contribution in [3.63, 3.8) is 0 Å². The summed E-state index contributed by atoms with van der Waals surface area (Å²) in [7, 11) is 0. The molecule has 0 aromatic rings. The number of rotatable bonds is 0. The first-order chi connectivity index (χ1) is 5.93. The molecule has 0 bridgehead atoms. The maximum Gasteiger partial charge on any atom is 0.234 e. The van der Waals surface area contributed by atoms with E-state index >= 15 is 0 Å². The molecule has 5 heteroatoms. The topological polar surface area (TPSA) is 86.6 Å². The van der Waals surface area contributed by atoms with E-state index in [0.29, 0.717) is 0 Å². The van der Waals surface area contributed by atoms with Gasteiger partial charge in [-0.05, 0) is 6.92 Å². The van der Waals surface area contributed by atoms with E-state index < -0.39 is 29.9 Å². The van der Waals surface area contributed by atoms with Crippen LogP contribution in [0.5, 0.6) is 0 Å². The van der Waals surface area contributed by atoms with Crippen LogP contribution in [0.4, 0.5) is 0 Å². The Labute approximate surface area is 76.8 Å². The molecule has 1 saturated heterocycles. The van der Waals surface area contributed by atoms with Crippen molar-refractivity contribution in [1.29, 1.82) is 0 Å². The summed E-state index contributed by atoms with van der Waals surface area (Å²) in [6.45, 7) is 5.35. The summed E-state index contributed by atoms with van der Waals surface area (Å²) < 4.78 is 0. The zero-order valence-electron chi connectivity index (χ0n) is 8.00. The summed E-state index contributed by atoms with van der Waals surface area (Å²) in [5.74, 6) is -4.44. The Morgan fingerprint density at radius 2 is 1.85 bits per heavy atom. The first-order valence-electron chi connectivity index (χ1n) is 4.22. The quantitative estimate of drug-likeness (QED) is 0.350. The van der Waals surface area contributed by atoms with E-state index in [1.54, 1.807) is 0 Å². The van der Waals surface area contributed by atoms with Crippen molar-refractivity contribution in [2.24, 2.45) is 5.92 Å². The summed E-state index contributed by atoms with van der Waals surface area (Å²) in [6, 6.07) is 0. The van der Waals surface area contributed by atoms with Crippen LogP contribution in [-0.4, -0.2) is 27.8 Å². The molecule has 1 atom stereocenters. The Morgan fingerprint density at radius 1 is 1.38 bits per heavy atom. The van der Waals surface area contributed by atoms with Gasteiger partial charge < -0.3 is 10.2 Å². The van der Waals surface area contributed by atoms with Crippen molar-refractivity contribution in [3.8, 4) is 0 Å². The number of imide groups is 1. The van der Waals surface area contributed by atoms with Crippen molar-refractivity contribution in [1.82, 2.24) is 5.32 Å². The summed E-state index contributed by atoms with van der Waals surface area (Å²) in [5.41, 5.74) is 0. The molecule has 3 N–H and O–H groups in total. The SMILES string of the molecule is CC.CC1C(=O)NC(=O)CC1(O)O. The van der Waals surface area contributed by atoms with Crippen LogP contribution in [0.2, 0.25) is 0 Å². The Kier molecular flexibility index (Phi) is 4.03. The highest BCUT2D eigenvalue weighted by Crippen LogP contribution is 2.21. The van der Waals surface area contributed by atoms with Gasteiger partial charge >= 0.3 is 0 Å². The van der Waals surface area contributed by atoms with E-state index in [4.69, 9.17) is 10.2 Å². The normalized spacial score (nSPS) is 25.8. The van der Waals surface area contributed by atoms with Gasteiger partial charge in [0, 0.05) is 0 Å². The average Bonchev–Trinajstić information content (AvgIpc) is 2.03. The van der Waals surface area contributed by atoms with Gasteiger partial charge in [-0.1, -0.05) is 13.8 Å². The predicted octanol–water partition coefficient (Wildman–Crippen LogP) is -0.624. The van der Waals surface area contributed by atoms with Gasteiger partial charge in [-0.2, -0.15) is 0 Å². The standard InChI is InChI=1S/C6H9NO4.C2H6/c1-3-5(9)7-4(8)2-6(3,10)11;1-2/h3,10-11H,2H2,1H3,(H,7,8,9);1-2H3. The van der Waals surface area contributed by atoms with Crippen LogP contribution in [0.25, 0.3) is 0 Å². The molecule has 5 nitrogen and oxygen atoms in total. The lowest BCUT2D eigenvalue weighted by Crippen LogP contribution is -2.55. The van der Waals surface area contributed by atoms with Gasteiger partial charge in [0.15, 0.2) is 5.79 Å². The van der Waals surface area contributed by atoms with Crippen LogP contribution < -0.4 is 5.32 Å². The van der Waals surface area contributed by atoms with Gasteiger partial charge in [-0.3, -0.25) is 14.9 Å². The Hall–Kier alpha value is -0.940. The number of carbonyl (C=O) groups excluding carboxylic acids is 2. The minimum atomic E-state index is -2.18. The van der Waals surface area contributed by atoms with Crippen molar-refractivity contribution >= 4 is 11.8 Å². The highest BCUT2D eigenvalue weighted by molar-refractivity contribution is 5.99. The third-order valence-corrected chi connectivity index (χ3v) is 1.77. The number of hydrogen-bond acceptors (Lipinski definition) is 4. The van der Waals surface area contributed by atoms with Crippen LogP contribution in [0.1, 0.15) is 27.2 Å². The van der Waals surface area contributed by atoms with E-state index in [0.717, 1.165) is 0 Å². The second-order valence-corrected chi connectivity index (χ2v) is 2.69. The molecule has 0 radical (unpaired) electrons. The van der Waals surface area contributed by atoms with E-state index in [1.165, 1.54) is 6.92 Å². The van der Waals surface area contributed by atoms with Gasteiger partial charge in [0.2, 0.25) is 11.8 Å². The lowest BCUT2D eigenvalue weighted by molar-refractivity contribution is -0.209. The largest absolute Gasteiger partial charge is 0.365 e. The molecule has 1 unspecified atom stereocenters. The molecule has 1 fully saturated rings. The molecular formula is C8H15NO4. The summed E-state index contributed by atoms with van der Waals surface area (Å²) >= 11 is 0. The average molecular weight is 189 g/mol. The van der Waals surface area contributed by atoms with Crippen LogP contribution in [0, 0.1) is 5.92 Å². The fourth-order valence-electron chi connectivity index (χ4n) is 0.889. The highest BCUT2D eigenvalue weighted by atomic mass is 16.5. The molecule has 13 heavy (non-hydrogen) atoms. The van der Waals surface area contributed by atoms with Gasteiger partial charge in [-0.25, -0.2) is 0 Å². The van der Waals surface area contributed by atoms with Crippen molar-refractivity contribution < 1.29 is 19.8 Å². The lowest BCUT2D eigenvalue weighted by atomic mass is 9.93. The first-order valence-corrected chi connectivity index (χ1v) is 4.22. The Morgan fingerprint density at radius 3 is 2.23 bits per heavy atom. The Bertz CT molecular complexity index is 212. The zero-order valence-corrected chi connectivity index (χ0v) is 8.00. The number of carbonyl (C=O) groups is 2. The van der Waals surface area contributed by atoms with E-state index in [-0.39, 0.29) is 0 Å². The molecule has 1 rings (SSSR count). The fourth-order valence-corrected chi connectivity index (χ4v) is 0.889. The van der Waals surface area contributed by atoms with Crippen molar-refractivity contribution in [3.05, 3.63) is 0 Å². The second-order valence-electron chi connectivity index (χ2n) is 2.69. The third kappa shape index (κ3) is 2.78. The third-order valence-electron chi connectivity index (χ3n) is 1.77. The molecule has 0 aromatic heterocycles. The molecule has 1 aliphatic rings. The monoisotopic (exact) mass is 189 g/mol. The minimum absolute atomic E-state index is 0.445. The molecular weight excluding hydrogens is 174 g/mol. The van der Waals surface area contributed by atoms with Crippen molar-refractivity contribution in [2.75, 3.05) is 0 Å². The second kappa shape index (κ2) is 4.34. The number of piperidine rings is 1. The molecule has 0 aromatic carbocycles. The predicted molar refractivity (Wildman–Crippen MR) is 45.4 cm³/mol. The number of nitrogens with one attached hydrogen (secondary N) is 1. The number of hydrogen-bond donors (Lipinski definition) is 3. The highest BCUT2D eigenvalue weighted by Gasteiger charge is 2.43. The number of aliphatic hydroxyl groups is 2. The van der Waals surface area contributed by atoms with E-state index in [1.807, 2.05) is 19.2 Å². The zero-order chi connectivity index (χ0) is 10.6. The van der Waals surface area contributed by atoms with Gasteiger partial charge in [0.1, 0.15) is 0 Å².